The van der Waals surface area contributed by atoms with Crippen molar-refractivity contribution in [1.82, 2.24) is 24.9 Å². The monoisotopic (exact) mass is 311 g/mol. The number of carbonyl (C=O) groups excluding carboxylic acids is 3. The first-order valence-electron chi connectivity index (χ1n) is 7.45. The molecule has 2 fully saturated rings. The summed E-state index contributed by atoms with van der Waals surface area (Å²) in [5, 5.41) is 2.63. The lowest BCUT2D eigenvalue weighted by Crippen LogP contribution is -2.48. The molecule has 1 atom stereocenters. The van der Waals surface area contributed by atoms with E-state index in [2.05, 4.69) is 5.32 Å². The Balaban J connectivity index is 2.26. The fraction of sp³-hybridized carbons (Fsp3) is 0.786. The van der Waals surface area contributed by atoms with Crippen LogP contribution in [0.1, 0.15) is 6.42 Å². The second kappa shape index (κ2) is 6.02. The molecule has 2 aliphatic heterocycles. The fourth-order valence-electron chi connectivity index (χ4n) is 3.35. The molecule has 2 rings (SSSR count). The molecule has 0 saturated carbocycles. The Labute approximate surface area is 131 Å². The van der Waals surface area contributed by atoms with Crippen molar-refractivity contribution >= 4 is 18.0 Å². The summed E-state index contributed by atoms with van der Waals surface area (Å²) < 4.78 is 0. The normalized spacial score (nSPS) is 25.5. The first-order valence-corrected chi connectivity index (χ1v) is 7.45. The maximum absolute atomic E-state index is 12.3. The van der Waals surface area contributed by atoms with E-state index in [1.807, 2.05) is 0 Å². The molecule has 0 radical (unpaired) electrons. The van der Waals surface area contributed by atoms with Crippen LogP contribution in [-0.4, -0.2) is 98.5 Å². The highest BCUT2D eigenvalue weighted by Gasteiger charge is 2.47. The van der Waals surface area contributed by atoms with Crippen molar-refractivity contribution in [2.75, 3.05) is 60.9 Å². The number of carbonyl (C=O) groups is 3. The Kier molecular flexibility index (Phi) is 4.48. The van der Waals surface area contributed by atoms with E-state index in [0.717, 1.165) is 0 Å². The number of nitrogens with one attached hydrogen (secondary N) is 1. The summed E-state index contributed by atoms with van der Waals surface area (Å²) in [5.41, 5.74) is -0.388. The second-order valence-corrected chi connectivity index (χ2v) is 6.50. The lowest BCUT2D eigenvalue weighted by atomic mass is 9.86. The van der Waals surface area contributed by atoms with Gasteiger partial charge in [0.2, 0.25) is 5.91 Å². The highest BCUT2D eigenvalue weighted by Crippen LogP contribution is 2.34. The zero-order chi connectivity index (χ0) is 16.5. The molecule has 0 aromatic rings. The predicted octanol–water partition coefficient (Wildman–Crippen LogP) is -0.526. The minimum Gasteiger partial charge on any atom is -0.345 e. The van der Waals surface area contributed by atoms with Gasteiger partial charge in [0.25, 0.3) is 0 Å². The number of likely N-dealkylation sites (tertiary alicyclic amines) is 1. The molecule has 2 saturated heterocycles. The second-order valence-electron chi connectivity index (χ2n) is 6.50. The molecule has 8 heteroatoms. The summed E-state index contributed by atoms with van der Waals surface area (Å²) in [6.45, 7) is 2.49. The third-order valence-corrected chi connectivity index (χ3v) is 4.37. The quantitative estimate of drug-likeness (QED) is 0.654. The molecule has 1 spiro atoms. The largest absolute Gasteiger partial charge is 0.345 e. The van der Waals surface area contributed by atoms with E-state index in [0.29, 0.717) is 39.1 Å². The van der Waals surface area contributed by atoms with Crippen molar-refractivity contribution < 1.29 is 14.4 Å². The van der Waals surface area contributed by atoms with Crippen molar-refractivity contribution in [3.8, 4) is 0 Å². The van der Waals surface area contributed by atoms with Crippen LogP contribution in [0.25, 0.3) is 0 Å². The molecule has 5 amide bonds. The fourth-order valence-corrected chi connectivity index (χ4v) is 3.35. The van der Waals surface area contributed by atoms with Crippen LogP contribution in [0.3, 0.4) is 0 Å². The van der Waals surface area contributed by atoms with Crippen molar-refractivity contribution in [3.05, 3.63) is 0 Å². The molecule has 8 nitrogen and oxygen atoms in total. The molecule has 0 aromatic carbocycles. The minimum atomic E-state index is -0.388. The van der Waals surface area contributed by atoms with Crippen LogP contribution >= 0.6 is 0 Å². The average Bonchev–Trinajstić information content (AvgIpc) is 2.63. The lowest BCUT2D eigenvalue weighted by molar-refractivity contribution is -0.126. The Bertz CT molecular complexity index is 481. The molecule has 0 aromatic heterocycles. The summed E-state index contributed by atoms with van der Waals surface area (Å²) in [5.74, 6) is 0.0657. The molecule has 2 aliphatic rings. The summed E-state index contributed by atoms with van der Waals surface area (Å²) in [4.78, 5) is 43.0. The van der Waals surface area contributed by atoms with Gasteiger partial charge in [-0.15, -0.1) is 0 Å². The first kappa shape index (κ1) is 16.4. The van der Waals surface area contributed by atoms with Crippen LogP contribution in [0.15, 0.2) is 0 Å². The van der Waals surface area contributed by atoms with Crippen LogP contribution in [0.4, 0.5) is 9.59 Å². The number of rotatable bonds is 0. The zero-order valence-corrected chi connectivity index (χ0v) is 13.8. The van der Waals surface area contributed by atoms with E-state index in [9.17, 15) is 14.4 Å². The van der Waals surface area contributed by atoms with Crippen LogP contribution < -0.4 is 5.32 Å². The molecular formula is C14H25N5O3. The van der Waals surface area contributed by atoms with E-state index >= 15 is 0 Å². The highest BCUT2D eigenvalue weighted by atomic mass is 16.2. The van der Waals surface area contributed by atoms with E-state index in [1.54, 1.807) is 42.9 Å². The summed E-state index contributed by atoms with van der Waals surface area (Å²) in [6, 6.07) is -0.249. The Morgan fingerprint density at radius 1 is 1.14 bits per heavy atom. The number of amides is 5. The van der Waals surface area contributed by atoms with Gasteiger partial charge in [-0.3, -0.25) is 4.79 Å². The van der Waals surface area contributed by atoms with Gasteiger partial charge in [0, 0.05) is 72.8 Å². The molecule has 124 valence electrons. The third kappa shape index (κ3) is 3.10. The van der Waals surface area contributed by atoms with Crippen LogP contribution in [0, 0.1) is 5.41 Å². The van der Waals surface area contributed by atoms with Crippen molar-refractivity contribution in [3.63, 3.8) is 0 Å². The maximum Gasteiger partial charge on any atom is 0.319 e. The van der Waals surface area contributed by atoms with Gasteiger partial charge >= 0.3 is 12.1 Å². The average molecular weight is 311 g/mol. The highest BCUT2D eigenvalue weighted by molar-refractivity contribution is 5.80. The standard InChI is InChI=1S/C14H25N5O3/c1-15-12(21)18-5-6-19(13(22)16(2)3)10-14(9-18)7-11(20)17(4)8-14/h5-10H2,1-4H3,(H,15,21)/t14-/m0/s1. The number of nitrogens with zero attached hydrogens (tertiary/aromatic N) is 4. The van der Waals surface area contributed by atoms with Gasteiger partial charge < -0.3 is 24.9 Å². The van der Waals surface area contributed by atoms with Crippen molar-refractivity contribution in [1.29, 1.82) is 0 Å². The Morgan fingerprint density at radius 2 is 1.73 bits per heavy atom. The van der Waals surface area contributed by atoms with Crippen LogP contribution in [0.2, 0.25) is 0 Å². The molecule has 0 unspecified atom stereocenters. The molecule has 1 N–H and O–H groups in total. The van der Waals surface area contributed by atoms with Crippen LogP contribution in [-0.2, 0) is 4.79 Å². The lowest BCUT2D eigenvalue weighted by Gasteiger charge is -2.33. The molecule has 0 aliphatic carbocycles. The SMILES string of the molecule is CNC(=O)N1CCN(C(=O)N(C)C)C[C@]2(CC(=O)N(C)C2)C1. The predicted molar refractivity (Wildman–Crippen MR) is 81.4 cm³/mol. The molecule has 2 heterocycles. The maximum atomic E-state index is 12.3. The van der Waals surface area contributed by atoms with Gasteiger partial charge in [-0.2, -0.15) is 0 Å². The zero-order valence-electron chi connectivity index (χ0n) is 13.8. The van der Waals surface area contributed by atoms with Gasteiger partial charge in [0.15, 0.2) is 0 Å². The Morgan fingerprint density at radius 3 is 2.23 bits per heavy atom. The van der Waals surface area contributed by atoms with E-state index in [4.69, 9.17) is 0 Å². The first-order chi connectivity index (χ1) is 10.3. The molecule has 22 heavy (non-hydrogen) atoms. The molecule has 0 bridgehead atoms. The minimum absolute atomic E-state index is 0.0657. The van der Waals surface area contributed by atoms with Crippen molar-refractivity contribution in [2.24, 2.45) is 5.41 Å². The van der Waals surface area contributed by atoms with Gasteiger partial charge in [-0.05, 0) is 0 Å². The number of urea groups is 2. The Hall–Kier alpha value is -1.99. The smallest absolute Gasteiger partial charge is 0.319 e. The summed E-state index contributed by atoms with van der Waals surface area (Å²) >= 11 is 0. The van der Waals surface area contributed by atoms with E-state index in [1.165, 1.54) is 4.90 Å². The van der Waals surface area contributed by atoms with Crippen molar-refractivity contribution in [2.45, 2.75) is 6.42 Å². The third-order valence-electron chi connectivity index (χ3n) is 4.37. The van der Waals surface area contributed by atoms with E-state index in [-0.39, 0.29) is 23.4 Å². The number of hydrogen-bond donors (Lipinski definition) is 1. The summed E-state index contributed by atoms with van der Waals surface area (Å²) in [7, 11) is 6.78. The van der Waals surface area contributed by atoms with Gasteiger partial charge in [0.05, 0.1) is 0 Å². The van der Waals surface area contributed by atoms with E-state index < -0.39 is 0 Å². The molecular weight excluding hydrogens is 286 g/mol. The van der Waals surface area contributed by atoms with Gasteiger partial charge in [-0.1, -0.05) is 0 Å². The summed E-state index contributed by atoms with van der Waals surface area (Å²) in [6.07, 6.45) is 0.369. The van der Waals surface area contributed by atoms with Gasteiger partial charge in [-0.25, -0.2) is 9.59 Å². The number of hydrogen-bond acceptors (Lipinski definition) is 3. The topological polar surface area (TPSA) is 76.2 Å². The van der Waals surface area contributed by atoms with Gasteiger partial charge in [0.1, 0.15) is 0 Å². The van der Waals surface area contributed by atoms with Crippen LogP contribution in [0.5, 0.6) is 0 Å².